The van der Waals surface area contributed by atoms with E-state index in [1.54, 1.807) is 44.2 Å². The van der Waals surface area contributed by atoms with E-state index in [2.05, 4.69) is 20.8 Å². The molecule has 8 heteroatoms. The molecule has 3 rings (SSSR count). The minimum Gasteiger partial charge on any atom is -0.466 e. The summed E-state index contributed by atoms with van der Waals surface area (Å²) in [5.74, 6) is 0.658. The normalized spacial score (nSPS) is 10.7. The molecule has 0 aliphatic heterocycles. The molecule has 2 aromatic heterocycles. The van der Waals surface area contributed by atoms with Crippen LogP contribution >= 0.6 is 0 Å². The van der Waals surface area contributed by atoms with Gasteiger partial charge in [-0.25, -0.2) is 4.98 Å². The summed E-state index contributed by atoms with van der Waals surface area (Å²) in [5, 5.41) is 0.499. The van der Waals surface area contributed by atoms with E-state index in [0.29, 0.717) is 33.8 Å². The fraction of sp³-hybridized carbons (Fsp3) is 0.222. The minimum absolute atomic E-state index is 0.0605. The van der Waals surface area contributed by atoms with Crippen LogP contribution < -0.4 is 16.4 Å². The summed E-state index contributed by atoms with van der Waals surface area (Å²) >= 11 is 0. The molecule has 0 aliphatic rings. The van der Waals surface area contributed by atoms with Crippen molar-refractivity contribution < 1.29 is 14.0 Å². The Morgan fingerprint density at radius 2 is 1.96 bits per heavy atom. The Hall–Kier alpha value is -3.42. The smallest absolute Gasteiger partial charge is 0.273 e. The number of H-pyrrole nitrogens is 1. The number of carbonyl (C=O) groups excluding carboxylic acids is 2. The molecule has 0 atom stereocenters. The van der Waals surface area contributed by atoms with Crippen LogP contribution in [0, 0.1) is 13.8 Å². The zero-order valence-corrected chi connectivity index (χ0v) is 14.4. The topological polar surface area (TPSA) is 117 Å². The monoisotopic (exact) mass is 354 g/mol. The van der Waals surface area contributed by atoms with Crippen LogP contribution in [0.25, 0.3) is 10.9 Å². The van der Waals surface area contributed by atoms with Gasteiger partial charge in [0.25, 0.3) is 11.5 Å². The molecule has 8 nitrogen and oxygen atoms in total. The lowest BCUT2D eigenvalue weighted by Gasteiger charge is -2.07. The second kappa shape index (κ2) is 7.22. The quantitative estimate of drug-likeness (QED) is 0.614. The molecule has 134 valence electrons. The third kappa shape index (κ3) is 3.80. The van der Waals surface area contributed by atoms with Gasteiger partial charge in [-0.2, -0.15) is 0 Å². The van der Waals surface area contributed by atoms with Crippen molar-refractivity contribution in [3.8, 4) is 0 Å². The Labute approximate surface area is 148 Å². The molecule has 26 heavy (non-hydrogen) atoms. The molecule has 0 aliphatic carbocycles. The van der Waals surface area contributed by atoms with E-state index in [0.717, 1.165) is 0 Å². The highest BCUT2D eigenvalue weighted by molar-refractivity contribution is 5.96. The summed E-state index contributed by atoms with van der Waals surface area (Å²) in [6.07, 6.45) is 0.302. The van der Waals surface area contributed by atoms with E-state index in [9.17, 15) is 14.4 Å². The van der Waals surface area contributed by atoms with Crippen molar-refractivity contribution >= 4 is 22.7 Å². The first-order chi connectivity index (χ1) is 12.4. The number of furan rings is 1. The third-order valence-corrected chi connectivity index (χ3v) is 3.85. The number of carbonyl (C=O) groups is 2. The van der Waals surface area contributed by atoms with Gasteiger partial charge in [0, 0.05) is 12.8 Å². The van der Waals surface area contributed by atoms with Gasteiger partial charge in [-0.3, -0.25) is 25.2 Å². The number of hydrogen-bond acceptors (Lipinski definition) is 5. The lowest BCUT2D eigenvalue weighted by molar-refractivity contribution is -0.121. The van der Waals surface area contributed by atoms with Gasteiger partial charge in [-0.05, 0) is 32.0 Å². The zero-order chi connectivity index (χ0) is 18.7. The van der Waals surface area contributed by atoms with Crippen LogP contribution in [-0.4, -0.2) is 21.8 Å². The number of aromatic amines is 1. The van der Waals surface area contributed by atoms with Gasteiger partial charge in [0.2, 0.25) is 5.91 Å². The fourth-order valence-corrected chi connectivity index (χ4v) is 2.60. The maximum Gasteiger partial charge on any atom is 0.273 e. The van der Waals surface area contributed by atoms with Crippen molar-refractivity contribution in [1.82, 2.24) is 20.8 Å². The van der Waals surface area contributed by atoms with Gasteiger partial charge in [0.05, 0.1) is 16.5 Å². The number of fused-ring (bicyclic) bond motifs is 1. The van der Waals surface area contributed by atoms with Crippen LogP contribution in [0.1, 0.15) is 34.1 Å². The predicted molar refractivity (Wildman–Crippen MR) is 94.5 cm³/mol. The predicted octanol–water partition coefficient (Wildman–Crippen LogP) is 1.53. The lowest BCUT2D eigenvalue weighted by Crippen LogP contribution is -2.41. The number of nitrogens with one attached hydrogen (secondary N) is 3. The summed E-state index contributed by atoms with van der Waals surface area (Å²) in [5.41, 5.74) is 5.37. The maximum atomic E-state index is 12.0. The number of hydrazine groups is 1. The summed E-state index contributed by atoms with van der Waals surface area (Å²) in [6, 6.07) is 8.58. The van der Waals surface area contributed by atoms with Crippen molar-refractivity contribution in [2.24, 2.45) is 0 Å². The van der Waals surface area contributed by atoms with Crippen LogP contribution in [0.2, 0.25) is 0 Å². The lowest BCUT2D eigenvalue weighted by atomic mass is 10.2. The van der Waals surface area contributed by atoms with Crippen molar-refractivity contribution in [3.63, 3.8) is 0 Å². The van der Waals surface area contributed by atoms with Crippen molar-refractivity contribution in [1.29, 1.82) is 0 Å². The Morgan fingerprint density at radius 1 is 1.19 bits per heavy atom. The first-order valence-electron chi connectivity index (χ1n) is 8.08. The molecule has 2 heterocycles. The Bertz CT molecular complexity index is 1040. The zero-order valence-electron chi connectivity index (χ0n) is 14.4. The number of hydrogen-bond donors (Lipinski definition) is 3. The minimum atomic E-state index is -0.454. The molecule has 0 spiro atoms. The standard InChI is InChI=1S/C18H18N4O4/c1-10-9-13(11(2)26-10)18(25)22-21-16(23)8-7-15-19-14-6-4-3-5-12(14)17(24)20-15/h3-6,9H,7-8H2,1-2H3,(H,21,23)(H,22,25)(H,19,20,24). The third-order valence-electron chi connectivity index (χ3n) is 3.85. The molecule has 3 N–H and O–H groups in total. The summed E-state index contributed by atoms with van der Waals surface area (Å²) < 4.78 is 5.28. The SMILES string of the molecule is Cc1cc(C(=O)NNC(=O)CCc2nc3ccccc3c(=O)[nH]2)c(C)o1. The highest BCUT2D eigenvalue weighted by Crippen LogP contribution is 2.13. The summed E-state index contributed by atoms with van der Waals surface area (Å²) in [7, 11) is 0. The van der Waals surface area contributed by atoms with Crippen LogP contribution in [0.15, 0.2) is 39.5 Å². The average molecular weight is 354 g/mol. The van der Waals surface area contributed by atoms with E-state index in [1.807, 2.05) is 0 Å². The van der Waals surface area contributed by atoms with Gasteiger partial charge >= 0.3 is 0 Å². The molecular formula is C18H18N4O4. The Balaban J connectivity index is 1.57. The number of para-hydroxylation sites is 1. The molecule has 0 unspecified atom stereocenters. The molecule has 2 amide bonds. The highest BCUT2D eigenvalue weighted by Gasteiger charge is 2.14. The molecule has 0 saturated heterocycles. The average Bonchev–Trinajstić information content (AvgIpc) is 2.96. The number of rotatable bonds is 4. The first kappa shape index (κ1) is 17.4. The van der Waals surface area contributed by atoms with Crippen molar-refractivity contribution in [2.45, 2.75) is 26.7 Å². The number of aromatic nitrogens is 2. The van der Waals surface area contributed by atoms with Gasteiger partial charge in [0.1, 0.15) is 17.3 Å². The Kier molecular flexibility index (Phi) is 4.83. The highest BCUT2D eigenvalue weighted by atomic mass is 16.3. The number of aryl methyl sites for hydroxylation is 3. The molecule has 3 aromatic rings. The molecule has 0 fully saturated rings. The van der Waals surface area contributed by atoms with Crippen LogP contribution in [-0.2, 0) is 11.2 Å². The van der Waals surface area contributed by atoms with E-state index < -0.39 is 11.8 Å². The van der Waals surface area contributed by atoms with E-state index in [1.165, 1.54) is 0 Å². The molecule has 0 saturated carbocycles. The van der Waals surface area contributed by atoms with Crippen LogP contribution in [0.3, 0.4) is 0 Å². The van der Waals surface area contributed by atoms with Crippen molar-refractivity contribution in [3.05, 3.63) is 63.6 Å². The summed E-state index contributed by atoms with van der Waals surface area (Å²) in [6.45, 7) is 3.41. The Morgan fingerprint density at radius 3 is 2.69 bits per heavy atom. The van der Waals surface area contributed by atoms with E-state index in [-0.39, 0.29) is 18.4 Å². The van der Waals surface area contributed by atoms with Gasteiger partial charge in [-0.15, -0.1) is 0 Å². The van der Waals surface area contributed by atoms with Gasteiger partial charge in [-0.1, -0.05) is 12.1 Å². The van der Waals surface area contributed by atoms with E-state index >= 15 is 0 Å². The number of amides is 2. The van der Waals surface area contributed by atoms with Crippen LogP contribution in [0.5, 0.6) is 0 Å². The van der Waals surface area contributed by atoms with Crippen LogP contribution in [0.4, 0.5) is 0 Å². The second-order valence-electron chi connectivity index (χ2n) is 5.86. The molecule has 0 bridgehead atoms. The fourth-order valence-electron chi connectivity index (χ4n) is 2.60. The maximum absolute atomic E-state index is 12.0. The molecule has 1 aromatic carbocycles. The van der Waals surface area contributed by atoms with E-state index in [4.69, 9.17) is 4.42 Å². The molecule has 0 radical (unpaired) electrons. The first-order valence-corrected chi connectivity index (χ1v) is 8.08. The summed E-state index contributed by atoms with van der Waals surface area (Å²) in [4.78, 5) is 42.9. The van der Waals surface area contributed by atoms with Gasteiger partial charge < -0.3 is 9.40 Å². The largest absolute Gasteiger partial charge is 0.466 e. The number of nitrogens with zero attached hydrogens (tertiary/aromatic N) is 1. The number of benzene rings is 1. The molecular weight excluding hydrogens is 336 g/mol. The van der Waals surface area contributed by atoms with Crippen molar-refractivity contribution in [2.75, 3.05) is 0 Å². The van der Waals surface area contributed by atoms with Gasteiger partial charge in [0.15, 0.2) is 0 Å². The second-order valence-corrected chi connectivity index (χ2v) is 5.86.